The van der Waals surface area contributed by atoms with Crippen LogP contribution in [0, 0.1) is 34.5 Å². The number of carbonyl (C=O) groups is 2. The minimum atomic E-state index is -1.65. The second-order valence-electron chi connectivity index (χ2n) is 13.2. The topological polar surface area (TPSA) is 183 Å². The van der Waals surface area contributed by atoms with Gasteiger partial charge in [-0.25, -0.2) is 4.79 Å². The molecule has 6 N–H and O–H groups in total. The van der Waals surface area contributed by atoms with E-state index in [1.165, 1.54) is 0 Å². The molecule has 0 aromatic heterocycles. The van der Waals surface area contributed by atoms with Gasteiger partial charge in [0.15, 0.2) is 12.4 Å². The lowest BCUT2D eigenvalue weighted by molar-refractivity contribution is -0.309. The van der Waals surface area contributed by atoms with E-state index in [1.807, 2.05) is 6.92 Å². The molecule has 5 rings (SSSR count). The maximum absolute atomic E-state index is 13.8. The van der Waals surface area contributed by atoms with Crippen molar-refractivity contribution >= 4 is 11.8 Å². The van der Waals surface area contributed by atoms with Crippen LogP contribution in [0.5, 0.6) is 0 Å². The Labute approximate surface area is 228 Å². The Balaban J connectivity index is 1.30. The number of carbonyl (C=O) groups excluding carboxylic acids is 2. The molecule has 4 aliphatic carbocycles. The summed E-state index contributed by atoms with van der Waals surface area (Å²) in [6.45, 7) is 3.53. The van der Waals surface area contributed by atoms with Crippen molar-refractivity contribution in [2.24, 2.45) is 34.5 Å². The number of esters is 1. The maximum atomic E-state index is 13.8. The first-order valence-corrected chi connectivity index (χ1v) is 14.3. The van der Waals surface area contributed by atoms with Gasteiger partial charge in [-0.3, -0.25) is 4.79 Å². The predicted octanol–water partition coefficient (Wildman–Crippen LogP) is -0.342. The van der Waals surface area contributed by atoms with Crippen LogP contribution in [-0.4, -0.2) is 105 Å². The molecule has 0 aromatic carbocycles. The lowest BCUT2D eigenvalue weighted by Gasteiger charge is -2.61. The summed E-state index contributed by atoms with van der Waals surface area (Å²) < 4.78 is 16.3. The number of Topliss-reactive ketones (excluding diaryl/α,β-unsaturated/α-hetero) is 1. The third kappa shape index (κ3) is 4.31. The summed E-state index contributed by atoms with van der Waals surface area (Å²) >= 11 is 0. The number of ketones is 1. The van der Waals surface area contributed by atoms with Gasteiger partial charge in [0.25, 0.3) is 0 Å². The molecule has 11 heteroatoms. The molecule has 0 spiro atoms. The van der Waals surface area contributed by atoms with Gasteiger partial charge >= 0.3 is 5.97 Å². The first-order chi connectivity index (χ1) is 18.3. The Morgan fingerprint density at radius 2 is 1.79 bits per heavy atom. The number of methoxy groups -OCH3 is 1. The minimum absolute atomic E-state index is 0.0760. The zero-order valence-electron chi connectivity index (χ0n) is 22.9. The molecule has 1 aliphatic heterocycles. The summed E-state index contributed by atoms with van der Waals surface area (Å²) in [5, 5.41) is 62.5. The van der Waals surface area contributed by atoms with Crippen molar-refractivity contribution in [2.45, 2.75) is 114 Å². The van der Waals surface area contributed by atoms with Crippen molar-refractivity contribution in [3.05, 3.63) is 0 Å². The lowest BCUT2D eigenvalue weighted by atomic mass is 9.44. The van der Waals surface area contributed by atoms with Crippen LogP contribution >= 0.6 is 0 Å². The van der Waals surface area contributed by atoms with E-state index >= 15 is 0 Å². The van der Waals surface area contributed by atoms with Gasteiger partial charge in [-0.2, -0.15) is 0 Å². The fraction of sp³-hybridized carbons (Fsp3) is 0.929. The van der Waals surface area contributed by atoms with E-state index in [4.69, 9.17) is 9.47 Å². The third-order valence-electron chi connectivity index (χ3n) is 11.6. The number of aliphatic hydroxyl groups is 6. The average molecular weight is 557 g/mol. The van der Waals surface area contributed by atoms with Crippen LogP contribution in [-0.2, 0) is 23.8 Å². The number of aliphatic hydroxyl groups excluding tert-OH is 5. The summed E-state index contributed by atoms with van der Waals surface area (Å²) in [5.74, 6) is -0.588. The highest BCUT2D eigenvalue weighted by Gasteiger charge is 2.68. The van der Waals surface area contributed by atoms with E-state index in [1.54, 1.807) is 0 Å². The van der Waals surface area contributed by atoms with Crippen LogP contribution in [0.4, 0.5) is 0 Å². The van der Waals surface area contributed by atoms with Crippen molar-refractivity contribution in [2.75, 3.05) is 13.7 Å². The van der Waals surface area contributed by atoms with E-state index in [2.05, 4.69) is 11.7 Å². The fourth-order valence-electron chi connectivity index (χ4n) is 9.35. The number of rotatable bonds is 5. The zero-order chi connectivity index (χ0) is 28.5. The van der Waals surface area contributed by atoms with Crippen LogP contribution in [0.2, 0.25) is 0 Å². The second-order valence-corrected chi connectivity index (χ2v) is 13.2. The molecule has 0 bridgehead atoms. The normalized spacial score (nSPS) is 52.4. The number of hydrogen-bond donors (Lipinski definition) is 6. The van der Waals surface area contributed by atoms with Gasteiger partial charge < -0.3 is 44.8 Å². The molecular weight excluding hydrogens is 512 g/mol. The predicted molar refractivity (Wildman–Crippen MR) is 134 cm³/mol. The van der Waals surface area contributed by atoms with Gasteiger partial charge in [-0.05, 0) is 68.1 Å². The monoisotopic (exact) mass is 556 g/mol. The van der Waals surface area contributed by atoms with E-state index in [0.29, 0.717) is 32.1 Å². The molecule has 11 unspecified atom stereocenters. The van der Waals surface area contributed by atoms with Crippen LogP contribution < -0.4 is 0 Å². The number of fused-ring (bicyclic) bond motifs is 5. The number of ether oxygens (including phenoxy) is 3. The Morgan fingerprint density at radius 3 is 2.46 bits per heavy atom. The van der Waals surface area contributed by atoms with Crippen molar-refractivity contribution < 1.29 is 54.4 Å². The molecule has 5 fully saturated rings. The Morgan fingerprint density at radius 1 is 1.08 bits per heavy atom. The van der Waals surface area contributed by atoms with E-state index in [9.17, 15) is 40.2 Å². The smallest absolute Gasteiger partial charge is 0.337 e. The Hall–Kier alpha value is -1.18. The molecule has 1 saturated heterocycles. The van der Waals surface area contributed by atoms with E-state index in [-0.39, 0.29) is 47.4 Å². The first kappa shape index (κ1) is 29.3. The molecule has 4 saturated carbocycles. The van der Waals surface area contributed by atoms with Gasteiger partial charge in [0.2, 0.25) is 0 Å². The van der Waals surface area contributed by atoms with Crippen LogP contribution in [0.15, 0.2) is 0 Å². The molecule has 39 heavy (non-hydrogen) atoms. The highest BCUT2D eigenvalue weighted by Crippen LogP contribution is 2.67. The van der Waals surface area contributed by atoms with Gasteiger partial charge in [0, 0.05) is 17.8 Å². The summed E-state index contributed by atoms with van der Waals surface area (Å²) in [6.07, 6.45) is -4.42. The number of hydrogen-bond acceptors (Lipinski definition) is 11. The molecule has 11 nitrogen and oxygen atoms in total. The zero-order valence-corrected chi connectivity index (χ0v) is 22.9. The quantitative estimate of drug-likeness (QED) is 0.192. The van der Waals surface area contributed by atoms with Crippen LogP contribution in [0.25, 0.3) is 0 Å². The standard InChI is InChI=1S/C28H44O11/c1-26-8-6-14(38-25-22(34)20(32)21(33)23(39-25)24(35)37-3)10-13(26)4-5-15-16-7-9-28(36,18(31)12-29)27(16,2)11-17(30)19(15)26/h13-16,18-23,25,29,31-34,36H,4-12H2,1-3H3/t13?,14-,15?,16?,18?,19?,20?,21?,22?,23+,25-,26?,27?,28?/m1/s1. The van der Waals surface area contributed by atoms with Gasteiger partial charge in [-0.1, -0.05) is 13.8 Å². The van der Waals surface area contributed by atoms with Gasteiger partial charge in [-0.15, -0.1) is 0 Å². The van der Waals surface area contributed by atoms with Crippen molar-refractivity contribution in [3.63, 3.8) is 0 Å². The van der Waals surface area contributed by atoms with E-state index < -0.39 is 60.4 Å². The summed E-state index contributed by atoms with van der Waals surface area (Å²) in [4.78, 5) is 25.9. The molecule has 0 amide bonds. The van der Waals surface area contributed by atoms with Crippen molar-refractivity contribution in [1.29, 1.82) is 0 Å². The molecule has 222 valence electrons. The van der Waals surface area contributed by atoms with Crippen LogP contribution in [0.3, 0.4) is 0 Å². The summed E-state index contributed by atoms with van der Waals surface area (Å²) in [7, 11) is 1.14. The van der Waals surface area contributed by atoms with Crippen molar-refractivity contribution in [1.82, 2.24) is 0 Å². The molecule has 5 aliphatic rings. The third-order valence-corrected chi connectivity index (χ3v) is 11.6. The molecular formula is C28H44O11. The molecule has 0 radical (unpaired) electrons. The van der Waals surface area contributed by atoms with Gasteiger partial charge in [0.05, 0.1) is 25.4 Å². The molecule has 14 atom stereocenters. The fourth-order valence-corrected chi connectivity index (χ4v) is 9.35. The summed E-state index contributed by atoms with van der Waals surface area (Å²) in [5.41, 5.74) is -2.54. The molecule has 0 aromatic rings. The minimum Gasteiger partial charge on any atom is -0.467 e. The molecule has 1 heterocycles. The van der Waals surface area contributed by atoms with Crippen molar-refractivity contribution in [3.8, 4) is 0 Å². The average Bonchev–Trinajstić information content (AvgIpc) is 3.18. The maximum Gasteiger partial charge on any atom is 0.337 e. The largest absolute Gasteiger partial charge is 0.467 e. The van der Waals surface area contributed by atoms with Gasteiger partial charge in [0.1, 0.15) is 30.2 Å². The van der Waals surface area contributed by atoms with E-state index in [0.717, 1.165) is 20.0 Å². The second kappa shape index (κ2) is 10.3. The first-order valence-electron chi connectivity index (χ1n) is 14.3. The Bertz CT molecular complexity index is 960. The SMILES string of the molecule is COC(=O)[C@H]1O[C@@H](O[C@@H]2CCC3(C)C(CCC4C3C(=O)CC3(C)C4CCC3(O)C(O)CO)C2)C(O)C(O)C1O. The highest BCUT2D eigenvalue weighted by molar-refractivity contribution is 5.84. The highest BCUT2D eigenvalue weighted by atomic mass is 16.7. The van der Waals surface area contributed by atoms with Crippen LogP contribution in [0.1, 0.15) is 65.2 Å². The lowest BCUT2D eigenvalue weighted by Crippen LogP contribution is -2.63. The summed E-state index contributed by atoms with van der Waals surface area (Å²) in [6, 6.07) is 0. The Kier molecular flexibility index (Phi) is 7.72.